The average Bonchev–Trinajstić information content (AvgIpc) is 1.61. The average molecular weight is 1490 g/mol. The summed E-state index contributed by atoms with van der Waals surface area (Å²) < 4.78 is 71.9. The van der Waals surface area contributed by atoms with Gasteiger partial charge in [-0.25, -0.2) is 76.6 Å². The second-order valence-corrected chi connectivity index (χ2v) is 27.7. The quantitative estimate of drug-likeness (QED) is 0.0390. The fourth-order valence-electron chi connectivity index (χ4n) is 13.9. The van der Waals surface area contributed by atoms with E-state index < -0.39 is 41.6 Å². The number of nitrogen functional groups attached to an aromatic ring is 2. The molecule has 0 saturated heterocycles. The number of carbonyl (C=O) groups is 2. The first-order chi connectivity index (χ1) is 51.4. The number of ketones is 2. The van der Waals surface area contributed by atoms with E-state index in [1.54, 1.807) is 36.4 Å². The van der Waals surface area contributed by atoms with Gasteiger partial charge in [0.1, 0.15) is 65.4 Å². The molecule has 29 heteroatoms. The smallest absolute Gasteiger partial charge is 0.744 e. The number of aromatic amines is 4. The van der Waals surface area contributed by atoms with E-state index in [9.17, 15) is 35.5 Å². The topological polar surface area (TPSA) is 418 Å². The van der Waals surface area contributed by atoms with Gasteiger partial charge in [0.25, 0.3) is 0 Å². The zero-order valence-electron chi connectivity index (χ0n) is 54.7. The van der Waals surface area contributed by atoms with Gasteiger partial charge in [0.15, 0.2) is 58.2 Å². The van der Waals surface area contributed by atoms with Crippen LogP contribution >= 0.6 is 0 Å². The minimum atomic E-state index is -4.96. The van der Waals surface area contributed by atoms with Gasteiger partial charge in [0, 0.05) is 121 Å². The Labute approximate surface area is 612 Å². The summed E-state index contributed by atoms with van der Waals surface area (Å²) in [5.74, 6) is 2.10. The van der Waals surface area contributed by atoms with Crippen LogP contribution in [0.15, 0.2) is 228 Å². The Bertz CT molecular complexity index is 6850. The maximum Gasteiger partial charge on any atom is 2.00 e. The molecule has 0 aliphatic carbocycles. The Balaban J connectivity index is 0.000000150. The molecule has 0 atom stereocenters. The first-order valence-electron chi connectivity index (χ1n) is 32.7. The van der Waals surface area contributed by atoms with E-state index in [1.807, 2.05) is 146 Å². The number of fused-ring (bicyclic) bond motifs is 40. The van der Waals surface area contributed by atoms with Crippen molar-refractivity contribution in [1.29, 1.82) is 0 Å². The van der Waals surface area contributed by atoms with Crippen LogP contribution in [-0.2, 0) is 37.3 Å². The molecule has 0 fully saturated rings. The van der Waals surface area contributed by atoms with Crippen molar-refractivity contribution in [1.82, 2.24) is 79.7 Å². The zero-order chi connectivity index (χ0) is 72.0. The van der Waals surface area contributed by atoms with Gasteiger partial charge in [-0.1, -0.05) is 182 Å². The van der Waals surface area contributed by atoms with E-state index in [1.165, 1.54) is 24.3 Å². The van der Waals surface area contributed by atoms with Crippen LogP contribution in [0.3, 0.4) is 0 Å². The predicted octanol–water partition coefficient (Wildman–Crippen LogP) is 13.2. The Morgan fingerprint density at radius 1 is 0.280 bits per heavy atom. The van der Waals surface area contributed by atoms with Crippen LogP contribution in [0.4, 0.5) is 11.4 Å². The van der Waals surface area contributed by atoms with Crippen molar-refractivity contribution in [3.63, 3.8) is 0 Å². The third kappa shape index (κ3) is 10.9. The molecule has 8 N–H and O–H groups in total. The summed E-state index contributed by atoms with van der Waals surface area (Å²) in [6.45, 7) is 0. The van der Waals surface area contributed by atoms with Crippen LogP contribution in [0.25, 0.3) is 179 Å². The molecule has 16 bridgehead atoms. The monoisotopic (exact) mass is 1490 g/mol. The van der Waals surface area contributed by atoms with Gasteiger partial charge in [-0.2, -0.15) is 0 Å². The second kappa shape index (κ2) is 24.7. The third-order valence-electron chi connectivity index (χ3n) is 18.7. The largest absolute Gasteiger partial charge is 2.00 e. The molecule has 10 heterocycles. The number of aromatic nitrogens is 16. The molecule has 4 aliphatic rings. The van der Waals surface area contributed by atoms with E-state index in [-0.39, 0.29) is 62.0 Å². The number of carbonyl (C=O) groups excluding carboxylic acids is 2. The third-order valence-corrected chi connectivity index (χ3v) is 20.5. The fourth-order valence-corrected chi connectivity index (χ4v) is 15.1. The number of nitrogens with zero attached hydrogens (tertiary/aromatic N) is 12. The number of rotatable bonds is 6. The van der Waals surface area contributed by atoms with Crippen molar-refractivity contribution < 1.29 is 52.6 Å². The van der Waals surface area contributed by atoms with E-state index in [2.05, 4.69) is 19.9 Å². The van der Waals surface area contributed by atoms with Crippen molar-refractivity contribution in [2.75, 3.05) is 11.5 Å². The van der Waals surface area contributed by atoms with Crippen LogP contribution in [0.5, 0.6) is 0 Å². The molecule has 0 amide bonds. The predicted molar refractivity (Wildman–Crippen MR) is 397 cm³/mol. The molecule has 6 aromatic heterocycles. The molecule has 0 unspecified atom stereocenters. The Hall–Kier alpha value is -13.8. The second-order valence-electron chi connectivity index (χ2n) is 25.0. The van der Waals surface area contributed by atoms with Crippen molar-refractivity contribution in [3.05, 3.63) is 241 Å². The first-order valence-corrected chi connectivity index (χ1v) is 35.5. The van der Waals surface area contributed by atoms with Crippen LogP contribution in [0, 0.1) is 0 Å². The summed E-state index contributed by atoms with van der Waals surface area (Å²) in [7, 11) is -9.91. The molecule has 107 heavy (non-hydrogen) atoms. The number of anilines is 2. The van der Waals surface area contributed by atoms with Crippen molar-refractivity contribution in [2.24, 2.45) is 0 Å². The molecule has 4 aliphatic heterocycles. The molecule has 20 rings (SSSR count). The number of hydrogen-bond donors (Lipinski definition) is 6. The van der Waals surface area contributed by atoms with Gasteiger partial charge in [0.2, 0.25) is 0 Å². The minimum absolute atomic E-state index is 0. The Morgan fingerprint density at radius 3 is 0.766 bits per heavy atom. The maximum atomic E-state index is 14.2. The number of benzene rings is 10. The number of hydrogen-bond acceptors (Lipinski definition) is 22. The Kier molecular flexibility index (Phi) is 15.1. The molecule has 16 aromatic rings. The van der Waals surface area contributed by atoms with E-state index >= 15 is 0 Å². The molecule has 10 aromatic carbocycles. The zero-order valence-corrected chi connectivity index (χ0v) is 57.3. The molecular formula is C78H44CuN18O8S2. The molecular weight excluding hydrogens is 1440 g/mol. The van der Waals surface area contributed by atoms with Crippen molar-refractivity contribution in [3.8, 4) is 91.1 Å². The van der Waals surface area contributed by atoms with Gasteiger partial charge in [0.05, 0.1) is 9.79 Å². The van der Waals surface area contributed by atoms with Gasteiger partial charge >= 0.3 is 17.1 Å². The van der Waals surface area contributed by atoms with Gasteiger partial charge in [-0.15, -0.1) is 0 Å². The summed E-state index contributed by atoms with van der Waals surface area (Å²) in [6.07, 6.45) is 0. The summed E-state index contributed by atoms with van der Waals surface area (Å²) in [5, 5.41) is 5.29. The normalized spacial score (nSPS) is 12.1. The standard InChI is InChI=1S/2C39H23N9O4S.Cu/c2*40-28-17-16-19(18-29(28)53(50,51)52)31(49)26-14-7-15-27-30(26)39-47-37-25-13-6-5-12-24(25)35(45-37)43-33-21-9-2-1-8-20(21)32(41-33)42-34-22-10-3-4-11-23(22)36(44-34)46-38(27)48-39;/h2*1-18H,40H2,(H,50,51,52)(H2,41,42,43,44,45,46,47,48);/q;;+2/p-2. The first kappa shape index (κ1) is 65.2. The maximum absolute atomic E-state index is 14.2. The van der Waals surface area contributed by atoms with Crippen LogP contribution in [0.1, 0.15) is 31.8 Å². The molecule has 26 nitrogen and oxygen atoms in total. The fraction of sp³-hybridized carbons (Fsp3) is 0. The summed E-state index contributed by atoms with van der Waals surface area (Å²) in [4.78, 5) is 100. The van der Waals surface area contributed by atoms with Gasteiger partial charge < -0.3 is 40.5 Å². The SMILES string of the molecule is Nc1ccc(C(=O)c2cccc3c4nc5nc(nc6[nH]c(nc7nc(nc([nH]4)c23)-c2ccccc2-7)c2ccccc62)-c2ccccc2-5)cc1S(=O)(=O)[O-].Nc1ccc(C(=O)c2cccc3c4nc5nc(nc6[nH]c(nc7nc(nc([nH]4)c23)-c2ccccc2-7)c2ccccc62)-c2ccccc2-5)cc1S(=O)(=O)[O-].[Cu+2]. The van der Waals surface area contributed by atoms with Crippen LogP contribution in [-0.4, -0.2) is 117 Å². The number of H-pyrrole nitrogens is 4. The van der Waals surface area contributed by atoms with Crippen LogP contribution < -0.4 is 11.5 Å². The Morgan fingerprint density at radius 2 is 0.505 bits per heavy atom. The molecule has 1 radical (unpaired) electrons. The number of nitrogens with one attached hydrogen (secondary N) is 4. The summed E-state index contributed by atoms with van der Waals surface area (Å²) >= 11 is 0. The van der Waals surface area contributed by atoms with E-state index in [0.717, 1.165) is 78.2 Å². The van der Waals surface area contributed by atoms with Crippen molar-refractivity contribution in [2.45, 2.75) is 9.79 Å². The minimum Gasteiger partial charge on any atom is -0.744 e. The molecule has 0 spiro atoms. The van der Waals surface area contributed by atoms with Gasteiger partial charge in [-0.05, 0) is 36.4 Å². The van der Waals surface area contributed by atoms with Gasteiger partial charge in [-0.3, -0.25) is 9.59 Å². The summed E-state index contributed by atoms with van der Waals surface area (Å²) in [5.41, 5.74) is 20.9. The van der Waals surface area contributed by atoms with Crippen LogP contribution in [0.2, 0.25) is 0 Å². The molecule has 517 valence electrons. The van der Waals surface area contributed by atoms with E-state index in [4.69, 9.17) is 71.3 Å². The molecule has 0 saturated carbocycles. The van der Waals surface area contributed by atoms with E-state index in [0.29, 0.717) is 102 Å². The number of nitrogens with two attached hydrogens (primary N) is 2. The summed E-state index contributed by atoms with van der Waals surface area (Å²) in [6, 6.07) is 63.5. The van der Waals surface area contributed by atoms with Crippen molar-refractivity contribution >= 4 is 131 Å².